The maximum atomic E-state index is 14.7. The van der Waals surface area contributed by atoms with Gasteiger partial charge in [-0.15, -0.1) is 0 Å². The molecule has 36 heavy (non-hydrogen) atoms. The summed E-state index contributed by atoms with van der Waals surface area (Å²) in [5.41, 5.74) is -0.333. The largest absolute Gasteiger partial charge is 0.394 e. The SMILES string of the molecule is CC(C)(CO)NC(=O)c1ccc(C2OCC3(CO2)CC3C2CCN(c3ncc(Cl)cn3)CC2)cc1F. The molecule has 8 nitrogen and oxygen atoms in total. The lowest BCUT2D eigenvalue weighted by Crippen LogP contribution is -2.46. The van der Waals surface area contributed by atoms with Gasteiger partial charge in [-0.3, -0.25) is 4.79 Å². The van der Waals surface area contributed by atoms with Gasteiger partial charge in [0.15, 0.2) is 6.29 Å². The van der Waals surface area contributed by atoms with Crippen LogP contribution in [0.5, 0.6) is 0 Å². The van der Waals surface area contributed by atoms with Crippen LogP contribution in [0.1, 0.15) is 55.3 Å². The van der Waals surface area contributed by atoms with Gasteiger partial charge in [0.2, 0.25) is 5.95 Å². The van der Waals surface area contributed by atoms with E-state index in [4.69, 9.17) is 21.1 Å². The van der Waals surface area contributed by atoms with E-state index in [0.717, 1.165) is 38.3 Å². The van der Waals surface area contributed by atoms with Crippen LogP contribution in [-0.4, -0.2) is 59.4 Å². The van der Waals surface area contributed by atoms with Gasteiger partial charge < -0.3 is 24.8 Å². The van der Waals surface area contributed by atoms with Crippen molar-refractivity contribution in [3.8, 4) is 0 Å². The normalized spacial score (nSPS) is 26.8. The van der Waals surface area contributed by atoms with Gasteiger partial charge in [-0.2, -0.15) is 0 Å². The molecule has 194 valence electrons. The first-order chi connectivity index (χ1) is 17.2. The van der Waals surface area contributed by atoms with Crippen LogP contribution in [0.15, 0.2) is 30.6 Å². The van der Waals surface area contributed by atoms with Crippen molar-refractivity contribution in [1.82, 2.24) is 15.3 Å². The van der Waals surface area contributed by atoms with Crippen molar-refractivity contribution >= 4 is 23.5 Å². The van der Waals surface area contributed by atoms with E-state index in [0.29, 0.717) is 35.6 Å². The monoisotopic (exact) mass is 518 g/mol. The molecule has 3 aliphatic rings. The molecule has 1 aromatic heterocycles. The fourth-order valence-electron chi connectivity index (χ4n) is 5.39. The molecule has 1 atom stereocenters. The Kier molecular flexibility index (Phi) is 6.93. The number of halogens is 2. The van der Waals surface area contributed by atoms with Gasteiger partial charge >= 0.3 is 0 Å². The van der Waals surface area contributed by atoms with Gasteiger partial charge in [0.05, 0.1) is 48.3 Å². The number of hydrogen-bond acceptors (Lipinski definition) is 7. The standard InChI is InChI=1S/C26H32ClFN4O4/c1-25(2,13-33)31-22(34)19-4-3-17(9-21(19)28)23-35-14-26(15-36-23)10-20(26)16-5-7-32(8-6-16)24-29-11-18(27)12-30-24/h3-4,9,11-12,16,20,23,33H,5-8,10,13-15H2,1-2H3,(H,31,34). The minimum atomic E-state index is -0.840. The first-order valence-electron chi connectivity index (χ1n) is 12.4. The van der Waals surface area contributed by atoms with E-state index in [1.165, 1.54) is 12.1 Å². The molecule has 1 amide bonds. The highest BCUT2D eigenvalue weighted by molar-refractivity contribution is 6.30. The van der Waals surface area contributed by atoms with E-state index in [9.17, 15) is 14.3 Å². The van der Waals surface area contributed by atoms with Crippen molar-refractivity contribution in [3.05, 3.63) is 52.6 Å². The van der Waals surface area contributed by atoms with Gasteiger partial charge in [-0.1, -0.05) is 17.7 Å². The number of nitrogens with one attached hydrogen (secondary N) is 1. The number of rotatable bonds is 6. The Morgan fingerprint density at radius 3 is 2.53 bits per heavy atom. The van der Waals surface area contributed by atoms with Crippen LogP contribution >= 0.6 is 11.6 Å². The number of piperidine rings is 1. The second-order valence-electron chi connectivity index (χ2n) is 10.9. The number of hydrogen-bond donors (Lipinski definition) is 2. The molecule has 3 heterocycles. The minimum absolute atomic E-state index is 0.0361. The van der Waals surface area contributed by atoms with Crippen LogP contribution in [0, 0.1) is 23.1 Å². The Morgan fingerprint density at radius 1 is 1.25 bits per heavy atom. The quantitative estimate of drug-likeness (QED) is 0.601. The van der Waals surface area contributed by atoms with Crippen LogP contribution in [0.3, 0.4) is 0 Å². The van der Waals surface area contributed by atoms with Crippen LogP contribution in [-0.2, 0) is 9.47 Å². The van der Waals surface area contributed by atoms with E-state index in [1.54, 1.807) is 32.3 Å². The number of nitrogens with zero attached hydrogens (tertiary/aromatic N) is 3. The summed E-state index contributed by atoms with van der Waals surface area (Å²) in [6.45, 7) is 6.07. The predicted molar refractivity (Wildman–Crippen MR) is 132 cm³/mol. The third kappa shape index (κ3) is 5.20. The van der Waals surface area contributed by atoms with Crippen molar-refractivity contribution in [3.63, 3.8) is 0 Å². The fraction of sp³-hybridized carbons (Fsp3) is 0.577. The highest BCUT2D eigenvalue weighted by atomic mass is 35.5. The van der Waals surface area contributed by atoms with Crippen LogP contribution in [0.25, 0.3) is 0 Å². The number of carbonyl (C=O) groups is 1. The van der Waals surface area contributed by atoms with Crippen molar-refractivity contribution < 1.29 is 23.8 Å². The lowest BCUT2D eigenvalue weighted by atomic mass is 9.87. The summed E-state index contributed by atoms with van der Waals surface area (Å²) in [6, 6.07) is 4.39. The van der Waals surface area contributed by atoms with E-state index in [-0.39, 0.29) is 17.6 Å². The molecule has 1 aromatic carbocycles. The Morgan fingerprint density at radius 2 is 1.92 bits per heavy atom. The summed E-state index contributed by atoms with van der Waals surface area (Å²) in [7, 11) is 0. The minimum Gasteiger partial charge on any atom is -0.394 e. The number of amides is 1. The zero-order valence-corrected chi connectivity index (χ0v) is 21.3. The first kappa shape index (κ1) is 25.3. The summed E-state index contributed by atoms with van der Waals surface area (Å²) in [6.07, 6.45) is 5.83. The topological polar surface area (TPSA) is 96.8 Å². The van der Waals surface area contributed by atoms with Gasteiger partial charge in [0.1, 0.15) is 5.82 Å². The smallest absolute Gasteiger partial charge is 0.254 e. The van der Waals surface area contributed by atoms with E-state index >= 15 is 0 Å². The molecule has 2 aromatic rings. The Hall–Kier alpha value is -2.33. The highest BCUT2D eigenvalue weighted by Crippen LogP contribution is 2.61. The number of aliphatic hydroxyl groups is 1. The second kappa shape index (κ2) is 9.85. The molecule has 2 aliphatic heterocycles. The average molecular weight is 519 g/mol. The van der Waals surface area contributed by atoms with Crippen LogP contribution in [0.2, 0.25) is 5.02 Å². The molecule has 0 bridgehead atoms. The molecule has 1 spiro atoms. The molecule has 10 heteroatoms. The number of anilines is 1. The van der Waals surface area contributed by atoms with E-state index < -0.39 is 23.6 Å². The molecule has 0 radical (unpaired) electrons. The van der Waals surface area contributed by atoms with Crippen LogP contribution in [0.4, 0.5) is 10.3 Å². The van der Waals surface area contributed by atoms with Crippen molar-refractivity contribution in [2.75, 3.05) is 37.8 Å². The number of aliphatic hydroxyl groups excluding tert-OH is 1. The highest BCUT2D eigenvalue weighted by Gasteiger charge is 2.59. The number of ether oxygens (including phenoxy) is 2. The molecule has 1 unspecified atom stereocenters. The third-order valence-electron chi connectivity index (χ3n) is 7.65. The van der Waals surface area contributed by atoms with Crippen molar-refractivity contribution in [2.24, 2.45) is 17.3 Å². The average Bonchev–Trinajstić information content (AvgIpc) is 3.57. The van der Waals surface area contributed by atoms with Gasteiger partial charge in [-0.25, -0.2) is 14.4 Å². The maximum absolute atomic E-state index is 14.7. The molecule has 5 rings (SSSR count). The summed E-state index contributed by atoms with van der Waals surface area (Å²) >= 11 is 5.90. The predicted octanol–water partition coefficient (Wildman–Crippen LogP) is 3.74. The zero-order chi connectivity index (χ0) is 25.5. The fourth-order valence-corrected chi connectivity index (χ4v) is 5.49. The van der Waals surface area contributed by atoms with E-state index in [2.05, 4.69) is 20.2 Å². The summed E-state index contributed by atoms with van der Waals surface area (Å²) in [4.78, 5) is 23.3. The van der Waals surface area contributed by atoms with E-state index in [1.807, 2.05) is 0 Å². The lowest BCUT2D eigenvalue weighted by Gasteiger charge is -2.35. The van der Waals surface area contributed by atoms with Gasteiger partial charge in [0, 0.05) is 24.1 Å². The third-order valence-corrected chi connectivity index (χ3v) is 7.85. The molecule has 1 saturated carbocycles. The maximum Gasteiger partial charge on any atom is 0.254 e. The van der Waals surface area contributed by atoms with Crippen LogP contribution < -0.4 is 10.2 Å². The van der Waals surface area contributed by atoms with Crippen molar-refractivity contribution in [2.45, 2.75) is 44.9 Å². The number of aromatic nitrogens is 2. The zero-order valence-electron chi connectivity index (χ0n) is 20.5. The summed E-state index contributed by atoms with van der Waals surface area (Å²) in [5, 5.41) is 12.5. The summed E-state index contributed by atoms with van der Waals surface area (Å²) in [5.74, 6) is 0.674. The molecular formula is C26H32ClFN4O4. The number of benzene rings is 1. The van der Waals surface area contributed by atoms with Gasteiger partial charge in [-0.05, 0) is 57.1 Å². The molecule has 2 saturated heterocycles. The Labute approximate surface area is 215 Å². The molecule has 1 aliphatic carbocycles. The molecule has 2 N–H and O–H groups in total. The molecular weight excluding hydrogens is 487 g/mol. The lowest BCUT2D eigenvalue weighted by molar-refractivity contribution is -0.216. The Balaban J connectivity index is 1.13. The van der Waals surface area contributed by atoms with Gasteiger partial charge in [0.25, 0.3) is 5.91 Å². The first-order valence-corrected chi connectivity index (χ1v) is 12.8. The van der Waals surface area contributed by atoms with Crippen molar-refractivity contribution in [1.29, 1.82) is 0 Å². The molecule has 3 fully saturated rings. The second-order valence-corrected chi connectivity index (χ2v) is 11.3. The number of carbonyl (C=O) groups excluding carboxylic acids is 1. The summed E-state index contributed by atoms with van der Waals surface area (Å²) < 4.78 is 26.8. The Bertz CT molecular complexity index is 1100.